The van der Waals surface area contributed by atoms with E-state index in [9.17, 15) is 4.79 Å². The van der Waals surface area contributed by atoms with E-state index >= 15 is 0 Å². The summed E-state index contributed by atoms with van der Waals surface area (Å²) in [6.07, 6.45) is 2.02. The number of rotatable bonds is 10. The van der Waals surface area contributed by atoms with Crippen LogP contribution in [0.2, 0.25) is 36.3 Å². The summed E-state index contributed by atoms with van der Waals surface area (Å²) in [6.45, 7) is 23.4. The first-order valence-electron chi connectivity index (χ1n) is 13.3. The van der Waals surface area contributed by atoms with Crippen LogP contribution in [0.25, 0.3) is 11.2 Å². The number of H-pyrrole nitrogens is 1. The van der Waals surface area contributed by atoms with Gasteiger partial charge in [-0.15, -0.1) is 0 Å². The van der Waals surface area contributed by atoms with Crippen LogP contribution >= 0.6 is 0 Å². The predicted octanol–water partition coefficient (Wildman–Crippen LogP) is 4.61. The van der Waals surface area contributed by atoms with Crippen molar-refractivity contribution in [1.82, 2.24) is 19.5 Å². The lowest BCUT2D eigenvalue weighted by molar-refractivity contribution is -0.0383. The van der Waals surface area contributed by atoms with Crippen molar-refractivity contribution in [2.45, 2.75) is 109 Å². The highest BCUT2D eigenvalue weighted by atomic mass is 28.4. The second-order valence-electron chi connectivity index (χ2n) is 13.1. The number of ether oxygens (including phenoxy) is 1. The number of imidazole rings is 1. The van der Waals surface area contributed by atoms with Crippen LogP contribution in [0.4, 0.5) is 5.95 Å². The number of aliphatic hydroxyl groups excluding tert-OH is 1. The minimum Gasteiger partial charge on any atom is -0.414 e. The molecule has 12 heteroatoms. The third-order valence-corrected chi connectivity index (χ3v) is 17.2. The van der Waals surface area contributed by atoms with Gasteiger partial charge in [-0.05, 0) is 42.7 Å². The highest BCUT2D eigenvalue weighted by Gasteiger charge is 2.46. The fraction of sp³-hybridized carbons (Fsp3) is 0.800. The van der Waals surface area contributed by atoms with E-state index in [1.54, 1.807) is 6.33 Å². The minimum atomic E-state index is -2.08. The highest BCUT2D eigenvalue weighted by Crippen LogP contribution is 2.42. The average Bonchev–Trinajstić information content (AvgIpc) is 3.35. The van der Waals surface area contributed by atoms with E-state index in [1.165, 1.54) is 0 Å². The Labute approximate surface area is 222 Å². The summed E-state index contributed by atoms with van der Waals surface area (Å²) in [6, 6.07) is 0. The fourth-order valence-corrected chi connectivity index (χ4v) is 6.09. The number of aromatic amines is 1. The summed E-state index contributed by atoms with van der Waals surface area (Å²) in [5.74, 6) is 0.345. The molecule has 2 aromatic rings. The van der Waals surface area contributed by atoms with Gasteiger partial charge in [0.15, 0.2) is 27.8 Å². The van der Waals surface area contributed by atoms with Crippen LogP contribution in [-0.4, -0.2) is 73.2 Å². The lowest BCUT2D eigenvalue weighted by Crippen LogP contribution is -2.48. The SMILES string of the molecule is CC(C)(C)[Si](C)(C)OC[C@H]1O[C@@H](n2cnc3c(=O)[nH]c(NCCCO)nc32)C[C@@H]1O[Si](C)(C)C(C)(C)C. The van der Waals surface area contributed by atoms with Gasteiger partial charge in [-0.1, -0.05) is 41.5 Å². The smallest absolute Gasteiger partial charge is 0.280 e. The quantitative estimate of drug-likeness (QED) is 0.288. The van der Waals surface area contributed by atoms with Gasteiger partial charge in [-0.2, -0.15) is 4.98 Å². The van der Waals surface area contributed by atoms with E-state index < -0.39 is 16.6 Å². The number of anilines is 1. The number of fused-ring (bicyclic) bond motifs is 1. The maximum absolute atomic E-state index is 12.7. The van der Waals surface area contributed by atoms with Crippen LogP contribution in [0.1, 0.15) is 60.6 Å². The van der Waals surface area contributed by atoms with Crippen LogP contribution in [0, 0.1) is 0 Å². The molecule has 3 rings (SSSR count). The number of nitrogens with one attached hydrogen (secondary N) is 2. The molecule has 2 aromatic heterocycles. The topological polar surface area (TPSA) is 124 Å². The Morgan fingerprint density at radius 3 is 2.41 bits per heavy atom. The molecule has 210 valence electrons. The monoisotopic (exact) mass is 553 g/mol. The van der Waals surface area contributed by atoms with Crippen LogP contribution < -0.4 is 10.9 Å². The summed E-state index contributed by atoms with van der Waals surface area (Å²) in [7, 11) is -4.07. The van der Waals surface area contributed by atoms with Gasteiger partial charge in [-0.3, -0.25) is 14.3 Å². The maximum atomic E-state index is 12.7. The van der Waals surface area contributed by atoms with Gasteiger partial charge in [0.05, 0.1) is 19.0 Å². The van der Waals surface area contributed by atoms with Crippen LogP contribution in [-0.2, 0) is 13.6 Å². The number of hydrogen-bond acceptors (Lipinski definition) is 8. The summed E-state index contributed by atoms with van der Waals surface area (Å²) >= 11 is 0. The van der Waals surface area contributed by atoms with Gasteiger partial charge >= 0.3 is 0 Å². The number of hydrogen-bond donors (Lipinski definition) is 3. The number of aliphatic hydroxyl groups is 1. The lowest BCUT2D eigenvalue weighted by atomic mass is 10.2. The first kappa shape index (κ1) is 30.0. The van der Waals surface area contributed by atoms with Gasteiger partial charge < -0.3 is 24.0 Å². The van der Waals surface area contributed by atoms with Crippen molar-refractivity contribution in [2.24, 2.45) is 0 Å². The standard InChI is InChI=1S/C25H47N5O5Si2/c1-24(2,3)36(7,8)33-15-18-17(35-37(9,10)25(4,5)6)14-19(34-18)30-16-27-20-21(30)28-23(29-22(20)32)26-12-11-13-31/h16-19,31H,11-15H2,1-10H3,(H2,26,28,29,32)/t17-,18+,19+/m0/s1. The summed E-state index contributed by atoms with van der Waals surface area (Å²) < 4.78 is 21.9. The van der Waals surface area contributed by atoms with Gasteiger partial charge in [0.1, 0.15) is 12.3 Å². The zero-order valence-electron chi connectivity index (χ0n) is 24.3. The number of aromatic nitrogens is 4. The molecule has 3 atom stereocenters. The summed E-state index contributed by atoms with van der Waals surface area (Å²) in [5.41, 5.74) is 0.400. The van der Waals surface area contributed by atoms with Crippen molar-refractivity contribution < 1.29 is 18.7 Å². The minimum absolute atomic E-state index is 0.0568. The highest BCUT2D eigenvalue weighted by molar-refractivity contribution is 6.74. The van der Waals surface area contributed by atoms with E-state index in [4.69, 9.17) is 18.7 Å². The Morgan fingerprint density at radius 2 is 1.81 bits per heavy atom. The molecule has 0 amide bonds. The molecule has 1 aliphatic heterocycles. The van der Waals surface area contributed by atoms with E-state index in [-0.39, 0.29) is 46.2 Å². The molecule has 0 saturated carbocycles. The molecule has 0 aliphatic carbocycles. The first-order valence-corrected chi connectivity index (χ1v) is 19.1. The summed E-state index contributed by atoms with van der Waals surface area (Å²) in [5, 5.41) is 12.3. The molecule has 3 N–H and O–H groups in total. The van der Waals surface area contributed by atoms with Gasteiger partial charge in [0, 0.05) is 19.6 Å². The van der Waals surface area contributed by atoms with E-state index in [1.807, 2.05) is 4.57 Å². The second-order valence-corrected chi connectivity index (χ2v) is 22.7. The molecule has 0 unspecified atom stereocenters. The van der Waals surface area contributed by atoms with Crippen LogP contribution in [0.15, 0.2) is 11.1 Å². The third kappa shape index (κ3) is 6.71. The molecule has 1 saturated heterocycles. The first-order chi connectivity index (χ1) is 17.0. The molecule has 0 aromatic carbocycles. The largest absolute Gasteiger partial charge is 0.414 e. The zero-order chi connectivity index (χ0) is 27.8. The molecule has 37 heavy (non-hydrogen) atoms. The fourth-order valence-electron chi connectivity index (χ4n) is 3.71. The molecule has 1 aliphatic rings. The molecule has 0 radical (unpaired) electrons. The van der Waals surface area contributed by atoms with Gasteiger partial charge in [-0.25, -0.2) is 4.98 Å². The van der Waals surface area contributed by atoms with E-state index in [0.29, 0.717) is 37.6 Å². The van der Waals surface area contributed by atoms with Crippen molar-refractivity contribution in [3.05, 3.63) is 16.7 Å². The van der Waals surface area contributed by atoms with E-state index in [2.05, 4.69) is 88.0 Å². The van der Waals surface area contributed by atoms with Crippen LogP contribution in [0.3, 0.4) is 0 Å². The van der Waals surface area contributed by atoms with Crippen molar-refractivity contribution in [3.8, 4) is 0 Å². The summed E-state index contributed by atoms with van der Waals surface area (Å²) in [4.78, 5) is 24.3. The zero-order valence-corrected chi connectivity index (χ0v) is 26.3. The Hall–Kier alpha value is -1.58. The molecule has 3 heterocycles. The Balaban J connectivity index is 1.91. The Kier molecular flexibility index (Phi) is 8.82. The number of nitrogens with zero attached hydrogens (tertiary/aromatic N) is 3. The average molecular weight is 554 g/mol. The predicted molar refractivity (Wildman–Crippen MR) is 152 cm³/mol. The van der Waals surface area contributed by atoms with Gasteiger partial charge in [0.2, 0.25) is 5.95 Å². The van der Waals surface area contributed by atoms with Gasteiger partial charge in [0.25, 0.3) is 5.56 Å². The molecule has 10 nitrogen and oxygen atoms in total. The molecule has 1 fully saturated rings. The van der Waals surface area contributed by atoms with Crippen LogP contribution in [0.5, 0.6) is 0 Å². The Morgan fingerprint density at radius 1 is 1.16 bits per heavy atom. The van der Waals surface area contributed by atoms with Crippen molar-refractivity contribution >= 4 is 33.7 Å². The normalized spacial score (nSPS) is 21.6. The lowest BCUT2D eigenvalue weighted by Gasteiger charge is -2.40. The second kappa shape index (κ2) is 10.9. The molecular weight excluding hydrogens is 506 g/mol. The third-order valence-electron chi connectivity index (χ3n) is 8.22. The Bertz CT molecular complexity index is 1120. The van der Waals surface area contributed by atoms with Crippen molar-refractivity contribution in [2.75, 3.05) is 25.1 Å². The molecular formula is C25H47N5O5Si2. The molecule has 0 bridgehead atoms. The van der Waals surface area contributed by atoms with Crippen molar-refractivity contribution in [1.29, 1.82) is 0 Å². The molecule has 0 spiro atoms. The maximum Gasteiger partial charge on any atom is 0.280 e. The van der Waals surface area contributed by atoms with Crippen molar-refractivity contribution in [3.63, 3.8) is 0 Å². The van der Waals surface area contributed by atoms with E-state index in [0.717, 1.165) is 0 Å².